The SMILES string of the molecule is Cc1nc(Cl)cc(N2CC(C)N(C)C(C)C2)n1. The lowest BCUT2D eigenvalue weighted by Gasteiger charge is -2.43. The van der Waals surface area contributed by atoms with E-state index < -0.39 is 0 Å². The minimum atomic E-state index is 0.520. The van der Waals surface area contributed by atoms with Crippen molar-refractivity contribution in [2.24, 2.45) is 0 Å². The second kappa shape index (κ2) is 4.78. The highest BCUT2D eigenvalue weighted by molar-refractivity contribution is 6.29. The van der Waals surface area contributed by atoms with Gasteiger partial charge in [-0.05, 0) is 27.8 Å². The van der Waals surface area contributed by atoms with Crippen LogP contribution < -0.4 is 4.90 Å². The summed E-state index contributed by atoms with van der Waals surface area (Å²) < 4.78 is 0. The van der Waals surface area contributed by atoms with Crippen LogP contribution in [0.5, 0.6) is 0 Å². The van der Waals surface area contributed by atoms with Crippen LogP contribution in [0.1, 0.15) is 19.7 Å². The predicted molar refractivity (Wildman–Crippen MR) is 70.7 cm³/mol. The molecule has 94 valence electrons. The number of aromatic nitrogens is 2. The van der Waals surface area contributed by atoms with E-state index in [1.54, 1.807) is 0 Å². The molecule has 2 rings (SSSR count). The van der Waals surface area contributed by atoms with Gasteiger partial charge in [-0.15, -0.1) is 0 Å². The zero-order valence-corrected chi connectivity index (χ0v) is 11.6. The van der Waals surface area contributed by atoms with E-state index in [4.69, 9.17) is 11.6 Å². The Morgan fingerprint density at radius 1 is 1.24 bits per heavy atom. The molecule has 17 heavy (non-hydrogen) atoms. The van der Waals surface area contributed by atoms with Gasteiger partial charge in [0.15, 0.2) is 0 Å². The van der Waals surface area contributed by atoms with Crippen LogP contribution in [0.15, 0.2) is 6.07 Å². The number of halogens is 1. The number of aryl methyl sites for hydroxylation is 1. The molecule has 5 heteroatoms. The molecule has 1 fully saturated rings. The van der Waals surface area contributed by atoms with Crippen LogP contribution in [-0.4, -0.2) is 47.1 Å². The maximum Gasteiger partial charge on any atom is 0.134 e. The standard InChI is InChI=1S/C12H19ClN4/c1-8-6-17(7-9(2)16(8)4)12-5-11(13)14-10(3)15-12/h5,8-9H,6-7H2,1-4H3. The molecule has 2 heterocycles. The predicted octanol–water partition coefficient (Wildman–Crippen LogP) is 1.97. The molecule has 0 bridgehead atoms. The van der Waals surface area contributed by atoms with Crippen molar-refractivity contribution < 1.29 is 0 Å². The quantitative estimate of drug-likeness (QED) is 0.718. The Labute approximate surface area is 108 Å². The Bertz CT molecular complexity index is 377. The molecule has 4 nitrogen and oxygen atoms in total. The number of rotatable bonds is 1. The summed E-state index contributed by atoms with van der Waals surface area (Å²) in [6.07, 6.45) is 0. The molecule has 0 aliphatic carbocycles. The third kappa shape index (κ3) is 2.69. The van der Waals surface area contributed by atoms with Gasteiger partial charge < -0.3 is 4.90 Å². The van der Waals surface area contributed by atoms with E-state index in [9.17, 15) is 0 Å². The highest BCUT2D eigenvalue weighted by atomic mass is 35.5. The average molecular weight is 255 g/mol. The third-order valence-corrected chi connectivity index (χ3v) is 3.67. The van der Waals surface area contributed by atoms with Crippen LogP contribution in [0.4, 0.5) is 5.82 Å². The molecule has 0 aromatic carbocycles. The lowest BCUT2D eigenvalue weighted by Crippen LogP contribution is -2.55. The molecule has 2 unspecified atom stereocenters. The van der Waals surface area contributed by atoms with Crippen LogP contribution in [0.25, 0.3) is 0 Å². The Morgan fingerprint density at radius 2 is 1.82 bits per heavy atom. The fourth-order valence-corrected chi connectivity index (χ4v) is 2.49. The van der Waals surface area contributed by atoms with Crippen LogP contribution in [-0.2, 0) is 0 Å². The third-order valence-electron chi connectivity index (χ3n) is 3.48. The first-order valence-electron chi connectivity index (χ1n) is 5.95. The van der Waals surface area contributed by atoms with E-state index in [2.05, 4.69) is 40.7 Å². The Hall–Kier alpha value is -0.870. The van der Waals surface area contributed by atoms with E-state index >= 15 is 0 Å². The number of piperazine rings is 1. The molecule has 0 saturated carbocycles. The maximum absolute atomic E-state index is 5.98. The summed E-state index contributed by atoms with van der Waals surface area (Å²) in [5.41, 5.74) is 0. The van der Waals surface area contributed by atoms with Gasteiger partial charge in [0.25, 0.3) is 0 Å². The fourth-order valence-electron chi connectivity index (χ4n) is 2.27. The molecular weight excluding hydrogens is 236 g/mol. The molecule has 1 saturated heterocycles. The number of anilines is 1. The topological polar surface area (TPSA) is 32.3 Å². The minimum Gasteiger partial charge on any atom is -0.353 e. The molecule has 0 N–H and O–H groups in total. The smallest absolute Gasteiger partial charge is 0.134 e. The van der Waals surface area contributed by atoms with Gasteiger partial charge in [-0.25, -0.2) is 9.97 Å². The van der Waals surface area contributed by atoms with Crippen LogP contribution in [0.3, 0.4) is 0 Å². The van der Waals surface area contributed by atoms with E-state index in [-0.39, 0.29) is 0 Å². The van der Waals surface area contributed by atoms with Crippen molar-refractivity contribution in [1.82, 2.24) is 14.9 Å². The van der Waals surface area contributed by atoms with Crippen LogP contribution >= 0.6 is 11.6 Å². The number of likely N-dealkylation sites (N-methyl/N-ethyl adjacent to an activating group) is 1. The Balaban J connectivity index is 2.22. The lowest BCUT2D eigenvalue weighted by molar-refractivity contribution is 0.169. The second-order valence-electron chi connectivity index (χ2n) is 4.86. The summed E-state index contributed by atoms with van der Waals surface area (Å²) >= 11 is 5.98. The van der Waals surface area contributed by atoms with Crippen molar-refractivity contribution in [3.8, 4) is 0 Å². The largest absolute Gasteiger partial charge is 0.353 e. The van der Waals surface area contributed by atoms with Crippen molar-refractivity contribution in [3.05, 3.63) is 17.0 Å². The fraction of sp³-hybridized carbons (Fsp3) is 0.667. The second-order valence-corrected chi connectivity index (χ2v) is 5.25. The van der Waals surface area contributed by atoms with E-state index in [1.807, 2.05) is 13.0 Å². The Kier molecular flexibility index (Phi) is 3.54. The summed E-state index contributed by atoms with van der Waals surface area (Å²) in [5, 5.41) is 0.520. The van der Waals surface area contributed by atoms with Gasteiger partial charge in [0.1, 0.15) is 16.8 Å². The lowest BCUT2D eigenvalue weighted by atomic mass is 10.1. The highest BCUT2D eigenvalue weighted by Gasteiger charge is 2.27. The first-order valence-corrected chi connectivity index (χ1v) is 6.33. The van der Waals surface area contributed by atoms with Gasteiger partial charge in [0.2, 0.25) is 0 Å². The summed E-state index contributed by atoms with van der Waals surface area (Å²) in [6, 6.07) is 2.89. The summed E-state index contributed by atoms with van der Waals surface area (Å²) in [7, 11) is 2.17. The van der Waals surface area contributed by atoms with Crippen LogP contribution in [0.2, 0.25) is 5.15 Å². The van der Waals surface area contributed by atoms with Gasteiger partial charge in [-0.2, -0.15) is 0 Å². The monoisotopic (exact) mass is 254 g/mol. The van der Waals surface area contributed by atoms with Gasteiger partial charge in [0.05, 0.1) is 0 Å². The van der Waals surface area contributed by atoms with Crippen LogP contribution in [0, 0.1) is 6.92 Å². The molecular formula is C12H19ClN4. The first-order chi connectivity index (χ1) is 7.97. The van der Waals surface area contributed by atoms with Crippen molar-refractivity contribution >= 4 is 17.4 Å². The zero-order chi connectivity index (χ0) is 12.6. The number of nitrogens with zero attached hydrogens (tertiary/aromatic N) is 4. The normalized spacial score (nSPS) is 26.3. The molecule has 1 aromatic rings. The molecule has 1 aliphatic rings. The van der Waals surface area contributed by atoms with Crippen molar-refractivity contribution in [1.29, 1.82) is 0 Å². The minimum absolute atomic E-state index is 0.520. The van der Waals surface area contributed by atoms with Crippen molar-refractivity contribution in [3.63, 3.8) is 0 Å². The first kappa shape index (κ1) is 12.6. The van der Waals surface area contributed by atoms with Crippen molar-refractivity contribution in [2.45, 2.75) is 32.9 Å². The maximum atomic E-state index is 5.98. The van der Waals surface area contributed by atoms with E-state index in [1.165, 1.54) is 0 Å². The van der Waals surface area contributed by atoms with Gasteiger partial charge in [-0.1, -0.05) is 11.6 Å². The molecule has 1 aromatic heterocycles. The molecule has 0 spiro atoms. The number of hydrogen-bond acceptors (Lipinski definition) is 4. The van der Waals surface area contributed by atoms with Gasteiger partial charge in [0, 0.05) is 31.2 Å². The Morgan fingerprint density at radius 3 is 2.35 bits per heavy atom. The van der Waals surface area contributed by atoms with Crippen molar-refractivity contribution in [2.75, 3.05) is 25.0 Å². The summed E-state index contributed by atoms with van der Waals surface area (Å²) in [5.74, 6) is 1.67. The average Bonchev–Trinajstić information content (AvgIpc) is 2.23. The molecule has 0 radical (unpaired) electrons. The van der Waals surface area contributed by atoms with E-state index in [0.717, 1.165) is 24.7 Å². The molecule has 1 aliphatic heterocycles. The molecule has 0 amide bonds. The number of hydrogen-bond donors (Lipinski definition) is 0. The zero-order valence-electron chi connectivity index (χ0n) is 10.8. The highest BCUT2D eigenvalue weighted by Crippen LogP contribution is 2.21. The summed E-state index contributed by atoms with van der Waals surface area (Å²) in [6.45, 7) is 8.30. The van der Waals surface area contributed by atoms with Gasteiger partial charge >= 0.3 is 0 Å². The van der Waals surface area contributed by atoms with E-state index in [0.29, 0.717) is 17.2 Å². The van der Waals surface area contributed by atoms with Gasteiger partial charge in [-0.3, -0.25) is 4.90 Å². The molecule has 2 atom stereocenters. The summed E-state index contributed by atoms with van der Waals surface area (Å²) in [4.78, 5) is 13.2.